The lowest BCUT2D eigenvalue weighted by Crippen LogP contribution is -2.57. The smallest absolute Gasteiger partial charge is 0.311 e. The fourth-order valence-corrected chi connectivity index (χ4v) is 4.56. The Hall–Kier alpha value is -2.60. The van der Waals surface area contributed by atoms with Gasteiger partial charge in [-0.1, -0.05) is 30.4 Å². The number of likely N-dealkylation sites (tertiary alicyclic amines) is 2. The summed E-state index contributed by atoms with van der Waals surface area (Å²) in [6, 6.07) is 7.95. The van der Waals surface area contributed by atoms with Gasteiger partial charge in [0.1, 0.15) is 5.75 Å². The molecule has 3 rings (SSSR count). The minimum atomic E-state index is -0.450. The van der Waals surface area contributed by atoms with Crippen molar-refractivity contribution in [3.05, 3.63) is 48.6 Å². The predicted molar refractivity (Wildman–Crippen MR) is 112 cm³/mol. The zero-order valence-corrected chi connectivity index (χ0v) is 17.3. The number of benzene rings is 1. The summed E-state index contributed by atoms with van der Waals surface area (Å²) in [5, 5.41) is 0. The molecule has 0 radical (unpaired) electrons. The zero-order chi connectivity index (χ0) is 20.9. The third-order valence-corrected chi connectivity index (χ3v) is 6.17. The van der Waals surface area contributed by atoms with Gasteiger partial charge in [0.15, 0.2) is 0 Å². The molecule has 2 aliphatic heterocycles. The number of ether oxygens (including phenoxy) is 2. The number of esters is 1. The van der Waals surface area contributed by atoms with Crippen LogP contribution in [0.15, 0.2) is 43.0 Å². The number of rotatable bonds is 7. The van der Waals surface area contributed by atoms with Crippen LogP contribution in [0.4, 0.5) is 0 Å². The van der Waals surface area contributed by atoms with Crippen LogP contribution in [0.3, 0.4) is 0 Å². The number of carbonyl (C=O) groups is 2. The highest BCUT2D eigenvalue weighted by molar-refractivity contribution is 5.89. The number of hydrogen-bond acceptors (Lipinski definition) is 5. The summed E-state index contributed by atoms with van der Waals surface area (Å²) < 4.78 is 10.2. The van der Waals surface area contributed by atoms with Crippen LogP contribution >= 0.6 is 0 Å². The van der Waals surface area contributed by atoms with Crippen molar-refractivity contribution in [2.75, 3.05) is 40.4 Å². The topological polar surface area (TPSA) is 59.1 Å². The van der Waals surface area contributed by atoms with Crippen LogP contribution < -0.4 is 4.74 Å². The normalized spacial score (nSPS) is 21.7. The van der Waals surface area contributed by atoms with Gasteiger partial charge in [0, 0.05) is 32.6 Å². The minimum Gasteiger partial charge on any atom is -0.497 e. The molecule has 1 aromatic rings. The van der Waals surface area contributed by atoms with E-state index in [4.69, 9.17) is 9.47 Å². The van der Waals surface area contributed by atoms with Gasteiger partial charge < -0.3 is 14.4 Å². The molecule has 2 aliphatic rings. The van der Waals surface area contributed by atoms with E-state index in [2.05, 4.69) is 23.6 Å². The molecule has 2 fully saturated rings. The second-order valence-corrected chi connectivity index (χ2v) is 7.65. The first-order chi connectivity index (χ1) is 14.0. The van der Waals surface area contributed by atoms with Gasteiger partial charge in [0.2, 0.25) is 5.91 Å². The van der Waals surface area contributed by atoms with E-state index in [0.717, 1.165) is 43.8 Å². The monoisotopic (exact) mass is 398 g/mol. The van der Waals surface area contributed by atoms with Gasteiger partial charge in [-0.15, -0.1) is 6.58 Å². The van der Waals surface area contributed by atoms with Crippen molar-refractivity contribution >= 4 is 18.0 Å². The Balaban J connectivity index is 1.63. The summed E-state index contributed by atoms with van der Waals surface area (Å²) in [5.41, 5.74) is 0.678. The number of carbonyl (C=O) groups excluding carboxylic acids is 2. The molecule has 2 saturated heterocycles. The zero-order valence-electron chi connectivity index (χ0n) is 17.3. The molecule has 6 heteroatoms. The SMILES string of the molecule is C=CCN1C(=O)CC(C(=O)OC)C12CCN(C/C=C/c1ccc(OC)cc1)CC2. The van der Waals surface area contributed by atoms with Gasteiger partial charge in [-0.2, -0.15) is 0 Å². The molecule has 0 aromatic heterocycles. The van der Waals surface area contributed by atoms with E-state index in [-0.39, 0.29) is 18.3 Å². The van der Waals surface area contributed by atoms with E-state index < -0.39 is 11.5 Å². The van der Waals surface area contributed by atoms with Crippen molar-refractivity contribution in [3.63, 3.8) is 0 Å². The molecular formula is C23H30N2O4. The Labute approximate surface area is 172 Å². The van der Waals surface area contributed by atoms with E-state index >= 15 is 0 Å². The number of methoxy groups -OCH3 is 2. The van der Waals surface area contributed by atoms with E-state index in [1.165, 1.54) is 7.11 Å². The van der Waals surface area contributed by atoms with Gasteiger partial charge in [0.05, 0.1) is 25.7 Å². The molecule has 1 spiro atoms. The second-order valence-electron chi connectivity index (χ2n) is 7.65. The van der Waals surface area contributed by atoms with Gasteiger partial charge in [-0.05, 0) is 30.5 Å². The largest absolute Gasteiger partial charge is 0.497 e. The molecule has 0 N–H and O–H groups in total. The second kappa shape index (κ2) is 9.27. The van der Waals surface area contributed by atoms with Gasteiger partial charge in [0.25, 0.3) is 0 Å². The van der Waals surface area contributed by atoms with Crippen molar-refractivity contribution in [3.8, 4) is 5.75 Å². The molecule has 1 aromatic carbocycles. The Morgan fingerprint density at radius 2 is 1.90 bits per heavy atom. The third kappa shape index (κ3) is 4.37. The highest BCUT2D eigenvalue weighted by Gasteiger charge is 2.56. The molecule has 0 aliphatic carbocycles. The van der Waals surface area contributed by atoms with Crippen molar-refractivity contribution < 1.29 is 19.1 Å². The molecule has 1 unspecified atom stereocenters. The Bertz CT molecular complexity index is 764. The third-order valence-electron chi connectivity index (χ3n) is 6.17. The average Bonchev–Trinajstić information content (AvgIpc) is 3.01. The number of amides is 1. The molecule has 1 atom stereocenters. The summed E-state index contributed by atoms with van der Waals surface area (Å²) in [6.45, 7) is 6.76. The molecule has 29 heavy (non-hydrogen) atoms. The Morgan fingerprint density at radius 1 is 1.21 bits per heavy atom. The van der Waals surface area contributed by atoms with E-state index in [1.54, 1.807) is 13.2 Å². The number of nitrogens with zero attached hydrogens (tertiary/aromatic N) is 2. The first kappa shape index (κ1) is 21.1. The Kier molecular flexibility index (Phi) is 6.75. The van der Waals surface area contributed by atoms with Crippen LogP contribution in [-0.2, 0) is 14.3 Å². The quantitative estimate of drug-likeness (QED) is 0.522. The minimum absolute atomic E-state index is 0.0214. The summed E-state index contributed by atoms with van der Waals surface area (Å²) >= 11 is 0. The highest BCUT2D eigenvalue weighted by Crippen LogP contribution is 2.44. The van der Waals surface area contributed by atoms with Crippen LogP contribution in [0.2, 0.25) is 0 Å². The van der Waals surface area contributed by atoms with Crippen molar-refractivity contribution in [1.82, 2.24) is 9.80 Å². The van der Waals surface area contributed by atoms with Gasteiger partial charge >= 0.3 is 5.97 Å². The van der Waals surface area contributed by atoms with Crippen LogP contribution in [0.5, 0.6) is 5.75 Å². The molecule has 2 heterocycles. The first-order valence-corrected chi connectivity index (χ1v) is 10.1. The van der Waals surface area contributed by atoms with Crippen molar-refractivity contribution in [2.24, 2.45) is 5.92 Å². The predicted octanol–water partition coefficient (Wildman–Crippen LogP) is 2.75. The van der Waals surface area contributed by atoms with Crippen LogP contribution in [0.1, 0.15) is 24.8 Å². The lowest BCUT2D eigenvalue weighted by atomic mass is 9.76. The lowest BCUT2D eigenvalue weighted by molar-refractivity contribution is -0.150. The first-order valence-electron chi connectivity index (χ1n) is 10.1. The van der Waals surface area contributed by atoms with Gasteiger partial charge in [-0.3, -0.25) is 14.5 Å². The lowest BCUT2D eigenvalue weighted by Gasteiger charge is -2.46. The van der Waals surface area contributed by atoms with Crippen LogP contribution in [0.25, 0.3) is 6.08 Å². The Morgan fingerprint density at radius 3 is 2.48 bits per heavy atom. The fourth-order valence-electron chi connectivity index (χ4n) is 4.56. The van der Waals surface area contributed by atoms with Crippen molar-refractivity contribution in [2.45, 2.75) is 24.8 Å². The van der Waals surface area contributed by atoms with Crippen molar-refractivity contribution in [1.29, 1.82) is 0 Å². The van der Waals surface area contributed by atoms with Crippen LogP contribution in [-0.4, -0.2) is 67.6 Å². The molecular weight excluding hydrogens is 368 g/mol. The summed E-state index contributed by atoms with van der Waals surface area (Å²) in [5.74, 6) is 0.196. The molecule has 156 valence electrons. The summed E-state index contributed by atoms with van der Waals surface area (Å²) in [6.07, 6.45) is 7.76. The molecule has 6 nitrogen and oxygen atoms in total. The standard InChI is InChI=1S/C23H30N2O4/c1-4-13-25-21(26)17-20(22(27)29-3)23(25)11-15-24(16-12-23)14-5-6-18-7-9-19(28-2)10-8-18/h4-10,20H,1,11-17H2,2-3H3/b6-5+. The van der Waals surface area contributed by atoms with Gasteiger partial charge in [-0.25, -0.2) is 0 Å². The maximum Gasteiger partial charge on any atom is 0.311 e. The van der Waals surface area contributed by atoms with E-state index in [0.29, 0.717) is 6.54 Å². The highest BCUT2D eigenvalue weighted by atomic mass is 16.5. The van der Waals surface area contributed by atoms with Crippen LogP contribution in [0, 0.1) is 5.92 Å². The maximum atomic E-state index is 12.6. The molecule has 1 amide bonds. The van der Waals surface area contributed by atoms with E-state index in [1.807, 2.05) is 29.2 Å². The number of hydrogen-bond donors (Lipinski definition) is 0. The molecule has 0 saturated carbocycles. The molecule has 0 bridgehead atoms. The summed E-state index contributed by atoms with van der Waals surface area (Å²) in [4.78, 5) is 29.1. The summed E-state index contributed by atoms with van der Waals surface area (Å²) in [7, 11) is 3.06. The number of piperidine rings is 1. The average molecular weight is 399 g/mol. The fraction of sp³-hybridized carbons (Fsp3) is 0.478. The maximum absolute atomic E-state index is 12.6. The van der Waals surface area contributed by atoms with E-state index in [9.17, 15) is 9.59 Å².